The molecule has 1 atom stereocenters. The van der Waals surface area contributed by atoms with E-state index in [9.17, 15) is 4.79 Å². The molecule has 1 saturated heterocycles. The predicted octanol–water partition coefficient (Wildman–Crippen LogP) is -1.98. The highest BCUT2D eigenvalue weighted by molar-refractivity contribution is 5.73. The van der Waals surface area contributed by atoms with Crippen LogP contribution in [0, 0.1) is 0 Å². The van der Waals surface area contributed by atoms with Crippen molar-refractivity contribution in [3.05, 3.63) is 0 Å². The summed E-state index contributed by atoms with van der Waals surface area (Å²) in [5.41, 5.74) is 5.64. The molecule has 0 aromatic heterocycles. The normalized spacial score (nSPS) is 20.7. The van der Waals surface area contributed by atoms with Gasteiger partial charge < -0.3 is 16.2 Å². The van der Waals surface area contributed by atoms with E-state index in [1.807, 2.05) is 0 Å². The summed E-state index contributed by atoms with van der Waals surface area (Å²) in [6, 6.07) is 0. The van der Waals surface area contributed by atoms with Gasteiger partial charge in [-0.1, -0.05) is 0 Å². The number of aliphatic hydroxyl groups is 1. The van der Waals surface area contributed by atoms with Crippen LogP contribution in [0.3, 0.4) is 0 Å². The van der Waals surface area contributed by atoms with Gasteiger partial charge in [0.15, 0.2) is 0 Å². The molecule has 1 rings (SSSR count). The Morgan fingerprint density at radius 2 is 2.06 bits per heavy atom. The maximum atomic E-state index is 11.0. The van der Waals surface area contributed by atoms with E-state index < -0.39 is 0 Å². The highest BCUT2D eigenvalue weighted by Crippen LogP contribution is 2.03. The number of nitrogens with zero attached hydrogens (tertiary/aromatic N) is 2. The molecule has 1 aliphatic heterocycles. The van der Waals surface area contributed by atoms with Crippen LogP contribution < -0.4 is 11.1 Å². The van der Waals surface area contributed by atoms with Gasteiger partial charge in [0, 0.05) is 46.2 Å². The highest BCUT2D eigenvalue weighted by Gasteiger charge is 2.22. The van der Waals surface area contributed by atoms with E-state index in [-0.39, 0.29) is 18.7 Å². The molecule has 16 heavy (non-hydrogen) atoms. The monoisotopic (exact) mass is 230 g/mol. The maximum absolute atomic E-state index is 11.0. The minimum atomic E-state index is -0.0613. The Kier molecular flexibility index (Phi) is 5.68. The van der Waals surface area contributed by atoms with Crippen molar-refractivity contribution in [2.75, 3.05) is 45.9 Å². The Bertz CT molecular complexity index is 217. The van der Waals surface area contributed by atoms with Crippen molar-refractivity contribution in [1.82, 2.24) is 15.1 Å². The van der Waals surface area contributed by atoms with Crippen LogP contribution in [0.25, 0.3) is 0 Å². The summed E-state index contributed by atoms with van der Waals surface area (Å²) in [4.78, 5) is 15.4. The molecule has 0 radical (unpaired) electrons. The van der Waals surface area contributed by atoms with E-state index in [4.69, 9.17) is 10.8 Å². The zero-order valence-corrected chi connectivity index (χ0v) is 9.85. The number of amides is 1. The Hall–Kier alpha value is -0.690. The largest absolute Gasteiger partial charge is 0.395 e. The lowest BCUT2D eigenvalue weighted by Crippen LogP contribution is -2.58. The number of carbonyl (C=O) groups is 1. The molecule has 0 spiro atoms. The molecule has 1 fully saturated rings. The Balaban J connectivity index is 2.35. The molecule has 6 heteroatoms. The summed E-state index contributed by atoms with van der Waals surface area (Å²) in [6.45, 7) is 6.44. The first kappa shape index (κ1) is 13.4. The number of piperazine rings is 1. The molecule has 6 nitrogen and oxygen atoms in total. The number of nitrogens with one attached hydrogen (secondary N) is 1. The van der Waals surface area contributed by atoms with E-state index in [1.165, 1.54) is 6.92 Å². The molecule has 94 valence electrons. The number of hydrogen-bond donors (Lipinski definition) is 3. The fraction of sp³-hybridized carbons (Fsp3) is 0.900. The Morgan fingerprint density at radius 1 is 1.44 bits per heavy atom. The molecular weight excluding hydrogens is 208 g/mol. The van der Waals surface area contributed by atoms with E-state index >= 15 is 0 Å². The third kappa shape index (κ3) is 4.05. The van der Waals surface area contributed by atoms with Gasteiger partial charge in [-0.25, -0.2) is 0 Å². The molecule has 4 N–H and O–H groups in total. The van der Waals surface area contributed by atoms with Crippen LogP contribution in [-0.2, 0) is 4.79 Å². The number of hydrogen-bond acceptors (Lipinski definition) is 5. The summed E-state index contributed by atoms with van der Waals surface area (Å²) in [5, 5.41) is 11.7. The van der Waals surface area contributed by atoms with Gasteiger partial charge in [-0.2, -0.15) is 0 Å². The predicted molar refractivity (Wildman–Crippen MR) is 61.8 cm³/mol. The Morgan fingerprint density at radius 3 is 2.50 bits per heavy atom. The smallest absolute Gasteiger partial charge is 0.218 e. The molecule has 1 aliphatic rings. The van der Waals surface area contributed by atoms with Gasteiger partial charge in [0.05, 0.1) is 12.8 Å². The van der Waals surface area contributed by atoms with Crippen molar-refractivity contribution < 1.29 is 9.90 Å². The van der Waals surface area contributed by atoms with Crippen molar-refractivity contribution in [3.8, 4) is 0 Å². The number of β-amino-alcohol motifs (C(OH)–C–C–N with tert-alkyl or cyclic N) is 1. The summed E-state index contributed by atoms with van der Waals surface area (Å²) in [5.74, 6) is -0.0479. The SMILES string of the molecule is CC(=O)NC(CN)N1CCN(CCO)CC1. The van der Waals surface area contributed by atoms with Gasteiger partial charge in [-0.15, -0.1) is 0 Å². The van der Waals surface area contributed by atoms with Gasteiger partial charge in [-0.3, -0.25) is 14.6 Å². The minimum absolute atomic E-state index is 0.0479. The van der Waals surface area contributed by atoms with E-state index in [0.717, 1.165) is 32.7 Å². The van der Waals surface area contributed by atoms with Crippen molar-refractivity contribution in [2.45, 2.75) is 13.1 Å². The second-order valence-electron chi connectivity index (χ2n) is 4.05. The maximum Gasteiger partial charge on any atom is 0.218 e. The van der Waals surface area contributed by atoms with Gasteiger partial charge in [-0.05, 0) is 0 Å². The van der Waals surface area contributed by atoms with Crippen molar-refractivity contribution in [3.63, 3.8) is 0 Å². The summed E-state index contributed by atoms with van der Waals surface area (Å²) >= 11 is 0. The third-order valence-electron chi connectivity index (χ3n) is 2.86. The van der Waals surface area contributed by atoms with Gasteiger partial charge in [0.2, 0.25) is 5.91 Å². The average molecular weight is 230 g/mol. The first-order chi connectivity index (χ1) is 7.67. The molecule has 0 saturated carbocycles. The molecule has 1 amide bonds. The van der Waals surface area contributed by atoms with Crippen LogP contribution in [-0.4, -0.2) is 72.9 Å². The van der Waals surface area contributed by atoms with Crippen LogP contribution in [0.2, 0.25) is 0 Å². The van der Waals surface area contributed by atoms with Crippen molar-refractivity contribution >= 4 is 5.91 Å². The highest BCUT2D eigenvalue weighted by atomic mass is 16.3. The molecular formula is C10H22N4O2. The van der Waals surface area contributed by atoms with Gasteiger partial charge in [0.1, 0.15) is 0 Å². The zero-order chi connectivity index (χ0) is 12.0. The van der Waals surface area contributed by atoms with Crippen LogP contribution >= 0.6 is 0 Å². The second kappa shape index (κ2) is 6.80. The summed E-state index contributed by atoms with van der Waals surface area (Å²) < 4.78 is 0. The topological polar surface area (TPSA) is 81.8 Å². The van der Waals surface area contributed by atoms with Crippen LogP contribution in [0.4, 0.5) is 0 Å². The molecule has 0 aliphatic carbocycles. The Labute approximate surface area is 96.4 Å². The standard InChI is InChI=1S/C10H22N4O2/c1-9(16)12-10(8-11)14-4-2-13(3-5-14)6-7-15/h10,15H,2-8,11H2,1H3,(H,12,16). The van der Waals surface area contributed by atoms with Gasteiger partial charge >= 0.3 is 0 Å². The molecule has 0 aromatic rings. The number of nitrogens with two attached hydrogens (primary N) is 1. The zero-order valence-electron chi connectivity index (χ0n) is 9.85. The van der Waals surface area contributed by atoms with E-state index in [0.29, 0.717) is 6.54 Å². The second-order valence-corrected chi connectivity index (χ2v) is 4.05. The fourth-order valence-electron chi connectivity index (χ4n) is 1.97. The summed E-state index contributed by atoms with van der Waals surface area (Å²) in [7, 11) is 0. The molecule has 1 unspecified atom stereocenters. The van der Waals surface area contributed by atoms with Crippen LogP contribution in [0.5, 0.6) is 0 Å². The lowest BCUT2D eigenvalue weighted by atomic mass is 10.2. The minimum Gasteiger partial charge on any atom is -0.395 e. The molecule has 0 aromatic carbocycles. The first-order valence-corrected chi connectivity index (χ1v) is 5.71. The van der Waals surface area contributed by atoms with Crippen LogP contribution in [0.1, 0.15) is 6.92 Å². The lowest BCUT2D eigenvalue weighted by Gasteiger charge is -2.38. The number of rotatable bonds is 5. The van der Waals surface area contributed by atoms with E-state index in [1.54, 1.807) is 0 Å². The lowest BCUT2D eigenvalue weighted by molar-refractivity contribution is -0.121. The van der Waals surface area contributed by atoms with Crippen molar-refractivity contribution in [2.24, 2.45) is 5.73 Å². The fourth-order valence-corrected chi connectivity index (χ4v) is 1.97. The van der Waals surface area contributed by atoms with E-state index in [2.05, 4.69) is 15.1 Å². The molecule has 0 bridgehead atoms. The van der Waals surface area contributed by atoms with Gasteiger partial charge in [0.25, 0.3) is 0 Å². The number of aliphatic hydroxyl groups excluding tert-OH is 1. The molecule has 1 heterocycles. The summed E-state index contributed by atoms with van der Waals surface area (Å²) in [6.07, 6.45) is -0.0613. The van der Waals surface area contributed by atoms with Crippen molar-refractivity contribution in [1.29, 1.82) is 0 Å². The third-order valence-corrected chi connectivity index (χ3v) is 2.86. The first-order valence-electron chi connectivity index (χ1n) is 5.71. The number of carbonyl (C=O) groups excluding carboxylic acids is 1. The average Bonchev–Trinajstić information content (AvgIpc) is 2.27. The quantitative estimate of drug-likeness (QED) is 0.510. The van der Waals surface area contributed by atoms with Crippen LogP contribution in [0.15, 0.2) is 0 Å².